The topological polar surface area (TPSA) is 63.8 Å². The number of rotatable bonds is 6. The fraction of sp³-hybridized carbons (Fsp3) is 0.143. The van der Waals surface area contributed by atoms with Gasteiger partial charge in [-0.3, -0.25) is 4.79 Å². The molecular formula is C14H13BrN2O3. The van der Waals surface area contributed by atoms with Crippen LogP contribution in [0.5, 0.6) is 0 Å². The molecule has 0 radical (unpaired) electrons. The van der Waals surface area contributed by atoms with Crippen molar-refractivity contribution in [2.45, 2.75) is 6.54 Å². The molecule has 0 atom stereocenters. The minimum absolute atomic E-state index is 0.131. The zero-order valence-corrected chi connectivity index (χ0v) is 12.2. The minimum Gasteiger partial charge on any atom is -0.467 e. The molecule has 104 valence electrons. The molecule has 6 heteroatoms. The number of carbonyl (C=O) groups is 1. The Hall–Kier alpha value is -2.08. The van der Waals surface area contributed by atoms with E-state index in [4.69, 9.17) is 9.25 Å². The van der Waals surface area contributed by atoms with Gasteiger partial charge in [-0.25, -0.2) is 0 Å². The Labute approximate surface area is 124 Å². The Morgan fingerprint density at radius 1 is 1.35 bits per heavy atom. The van der Waals surface area contributed by atoms with Crippen LogP contribution in [0, 0.1) is 0 Å². The van der Waals surface area contributed by atoms with E-state index in [1.807, 2.05) is 24.3 Å². The highest BCUT2D eigenvalue weighted by Gasteiger charge is 2.02. The fourth-order valence-electron chi connectivity index (χ4n) is 1.39. The number of nitrogens with one attached hydrogen (secondary N) is 1. The maximum atomic E-state index is 11.4. The number of hydrogen-bond acceptors (Lipinski definition) is 4. The third-order valence-corrected chi connectivity index (χ3v) is 2.91. The van der Waals surface area contributed by atoms with Crippen LogP contribution < -0.4 is 5.32 Å². The van der Waals surface area contributed by atoms with Gasteiger partial charge in [0.1, 0.15) is 5.76 Å². The van der Waals surface area contributed by atoms with Crippen molar-refractivity contribution in [1.82, 2.24) is 5.32 Å². The van der Waals surface area contributed by atoms with E-state index in [9.17, 15) is 4.79 Å². The maximum absolute atomic E-state index is 11.4. The molecule has 1 aromatic heterocycles. The van der Waals surface area contributed by atoms with Crippen molar-refractivity contribution in [3.05, 3.63) is 58.5 Å². The van der Waals surface area contributed by atoms with Gasteiger partial charge in [-0.15, -0.1) is 0 Å². The molecular weight excluding hydrogens is 324 g/mol. The van der Waals surface area contributed by atoms with E-state index < -0.39 is 0 Å². The lowest BCUT2D eigenvalue weighted by Gasteiger charge is -2.01. The van der Waals surface area contributed by atoms with Gasteiger partial charge in [-0.05, 0) is 29.8 Å². The van der Waals surface area contributed by atoms with E-state index in [2.05, 4.69) is 26.4 Å². The Balaban J connectivity index is 1.67. The first-order chi connectivity index (χ1) is 9.74. The summed E-state index contributed by atoms with van der Waals surface area (Å²) >= 11 is 3.34. The molecule has 1 heterocycles. The Morgan fingerprint density at radius 2 is 2.15 bits per heavy atom. The third kappa shape index (κ3) is 4.89. The molecule has 1 aromatic carbocycles. The average Bonchev–Trinajstić information content (AvgIpc) is 2.96. The predicted octanol–water partition coefficient (Wildman–Crippen LogP) is 2.71. The molecule has 2 rings (SSSR count). The highest BCUT2D eigenvalue weighted by Crippen LogP contribution is 2.09. The number of nitrogens with zero attached hydrogens (tertiary/aromatic N) is 1. The van der Waals surface area contributed by atoms with Gasteiger partial charge in [-0.2, -0.15) is 0 Å². The molecule has 0 unspecified atom stereocenters. The summed E-state index contributed by atoms with van der Waals surface area (Å²) in [5, 5.41) is 6.39. The molecule has 0 fully saturated rings. The molecule has 2 aromatic rings. The van der Waals surface area contributed by atoms with Crippen LogP contribution in [0.3, 0.4) is 0 Å². The SMILES string of the molecule is O=C(CO/N=C\c1ccc(Br)cc1)NCc1ccco1. The van der Waals surface area contributed by atoms with Crippen molar-refractivity contribution in [3.63, 3.8) is 0 Å². The predicted molar refractivity (Wildman–Crippen MR) is 78.2 cm³/mol. The van der Waals surface area contributed by atoms with E-state index >= 15 is 0 Å². The summed E-state index contributed by atoms with van der Waals surface area (Å²) in [6.45, 7) is 0.208. The molecule has 20 heavy (non-hydrogen) atoms. The molecule has 0 spiro atoms. The van der Waals surface area contributed by atoms with Gasteiger partial charge in [0.05, 0.1) is 19.0 Å². The van der Waals surface area contributed by atoms with Crippen LogP contribution in [0.1, 0.15) is 11.3 Å². The Bertz CT molecular complexity index is 565. The lowest BCUT2D eigenvalue weighted by Crippen LogP contribution is -2.26. The number of halogens is 1. The fourth-order valence-corrected chi connectivity index (χ4v) is 1.66. The number of hydrogen-bond donors (Lipinski definition) is 1. The first kappa shape index (κ1) is 14.3. The van der Waals surface area contributed by atoms with Crippen LogP contribution in [0.25, 0.3) is 0 Å². The molecule has 0 aliphatic carbocycles. The summed E-state index contributed by atoms with van der Waals surface area (Å²) in [7, 11) is 0. The second kappa shape index (κ2) is 7.49. The van der Waals surface area contributed by atoms with Crippen molar-refractivity contribution in [3.8, 4) is 0 Å². The van der Waals surface area contributed by atoms with Gasteiger partial charge < -0.3 is 14.6 Å². The number of oxime groups is 1. The smallest absolute Gasteiger partial charge is 0.261 e. The number of amides is 1. The molecule has 0 saturated heterocycles. The first-order valence-corrected chi connectivity index (χ1v) is 6.73. The molecule has 1 N–H and O–H groups in total. The normalized spacial score (nSPS) is 10.7. The largest absolute Gasteiger partial charge is 0.467 e. The van der Waals surface area contributed by atoms with Crippen molar-refractivity contribution < 1.29 is 14.0 Å². The average molecular weight is 337 g/mol. The van der Waals surface area contributed by atoms with E-state index in [1.54, 1.807) is 24.6 Å². The van der Waals surface area contributed by atoms with Crippen LogP contribution in [0.4, 0.5) is 0 Å². The lowest BCUT2D eigenvalue weighted by molar-refractivity contribution is -0.125. The van der Waals surface area contributed by atoms with E-state index in [1.165, 1.54) is 0 Å². The summed E-state index contributed by atoms with van der Waals surface area (Å²) in [5.41, 5.74) is 0.893. The second-order valence-electron chi connectivity index (χ2n) is 3.92. The van der Waals surface area contributed by atoms with Gasteiger partial charge in [0.25, 0.3) is 5.91 Å². The van der Waals surface area contributed by atoms with Crippen molar-refractivity contribution in [2.75, 3.05) is 6.61 Å². The van der Waals surface area contributed by atoms with Crippen LogP contribution in [-0.2, 0) is 16.2 Å². The van der Waals surface area contributed by atoms with Crippen LogP contribution in [-0.4, -0.2) is 18.7 Å². The van der Waals surface area contributed by atoms with Gasteiger partial charge in [0.15, 0.2) is 6.61 Å². The first-order valence-electron chi connectivity index (χ1n) is 5.94. The van der Waals surface area contributed by atoms with Gasteiger partial charge in [0, 0.05) is 4.47 Å². The molecule has 0 saturated carbocycles. The summed E-state index contributed by atoms with van der Waals surface area (Å²) in [6, 6.07) is 11.1. The molecule has 5 nitrogen and oxygen atoms in total. The van der Waals surface area contributed by atoms with E-state index in [-0.39, 0.29) is 12.5 Å². The van der Waals surface area contributed by atoms with Gasteiger partial charge in [0.2, 0.25) is 0 Å². The highest BCUT2D eigenvalue weighted by molar-refractivity contribution is 9.10. The van der Waals surface area contributed by atoms with E-state index in [0.29, 0.717) is 12.3 Å². The quantitative estimate of drug-likeness (QED) is 0.651. The van der Waals surface area contributed by atoms with Gasteiger partial charge in [-0.1, -0.05) is 33.2 Å². The monoisotopic (exact) mass is 336 g/mol. The molecule has 0 bridgehead atoms. The van der Waals surface area contributed by atoms with Crippen molar-refractivity contribution in [1.29, 1.82) is 0 Å². The minimum atomic E-state index is -0.255. The molecule has 0 aliphatic rings. The van der Waals surface area contributed by atoms with Crippen molar-refractivity contribution in [2.24, 2.45) is 5.16 Å². The zero-order valence-electron chi connectivity index (χ0n) is 10.6. The standard InChI is InChI=1S/C14H13BrN2O3/c15-12-5-3-11(4-6-12)8-17-20-10-14(18)16-9-13-2-1-7-19-13/h1-8H,9-10H2,(H,16,18)/b17-8-. The number of carbonyl (C=O) groups excluding carboxylic acids is 1. The molecule has 1 amide bonds. The Morgan fingerprint density at radius 3 is 2.85 bits per heavy atom. The Kier molecular flexibility index (Phi) is 5.37. The van der Waals surface area contributed by atoms with Crippen molar-refractivity contribution >= 4 is 28.1 Å². The maximum Gasteiger partial charge on any atom is 0.261 e. The summed E-state index contributed by atoms with van der Waals surface area (Å²) in [5.74, 6) is 0.436. The number of furan rings is 1. The zero-order chi connectivity index (χ0) is 14.2. The summed E-state index contributed by atoms with van der Waals surface area (Å²) in [6.07, 6.45) is 3.10. The highest BCUT2D eigenvalue weighted by atomic mass is 79.9. The van der Waals surface area contributed by atoms with E-state index in [0.717, 1.165) is 10.0 Å². The molecule has 0 aliphatic heterocycles. The second-order valence-corrected chi connectivity index (χ2v) is 4.83. The lowest BCUT2D eigenvalue weighted by atomic mass is 10.2. The number of benzene rings is 1. The third-order valence-electron chi connectivity index (χ3n) is 2.38. The van der Waals surface area contributed by atoms with Crippen LogP contribution in [0.2, 0.25) is 0 Å². The van der Waals surface area contributed by atoms with Gasteiger partial charge >= 0.3 is 0 Å². The summed E-state index contributed by atoms with van der Waals surface area (Å²) < 4.78 is 6.08. The van der Waals surface area contributed by atoms with Crippen LogP contribution >= 0.6 is 15.9 Å². The van der Waals surface area contributed by atoms with Crippen LogP contribution in [0.15, 0.2) is 56.7 Å². The summed E-state index contributed by atoms with van der Waals surface area (Å²) in [4.78, 5) is 16.4.